The van der Waals surface area contributed by atoms with Crippen LogP contribution in [0.1, 0.15) is 72.1 Å². The second kappa shape index (κ2) is 5.67. The first-order valence-electron chi connectivity index (χ1n) is 10.3. The number of aliphatic hydroxyl groups excluding tert-OH is 2. The predicted octanol–water partition coefficient (Wildman–Crippen LogP) is 4.34. The van der Waals surface area contributed by atoms with E-state index in [-0.39, 0.29) is 16.9 Å². The lowest BCUT2D eigenvalue weighted by atomic mass is 9.44. The van der Waals surface area contributed by atoms with Gasteiger partial charge in [-0.3, -0.25) is 0 Å². The highest BCUT2D eigenvalue weighted by molar-refractivity contribution is 5.10. The van der Waals surface area contributed by atoms with Crippen molar-refractivity contribution in [3.8, 4) is 0 Å². The Kier molecular flexibility index (Phi) is 4.08. The van der Waals surface area contributed by atoms with Gasteiger partial charge < -0.3 is 10.2 Å². The van der Waals surface area contributed by atoms with E-state index in [0.717, 1.165) is 12.8 Å². The summed E-state index contributed by atoms with van der Waals surface area (Å²) in [5.74, 6) is 2.97. The molecule has 0 bridgehead atoms. The van der Waals surface area contributed by atoms with E-state index in [9.17, 15) is 14.6 Å². The van der Waals surface area contributed by atoms with Crippen LogP contribution in [-0.2, 0) is 0 Å². The third kappa shape index (κ3) is 2.26. The van der Waals surface area contributed by atoms with Gasteiger partial charge in [0.15, 0.2) is 0 Å². The Hall–Kier alpha value is -0.150. The van der Waals surface area contributed by atoms with Crippen LogP contribution in [0.25, 0.3) is 0 Å². The van der Waals surface area contributed by atoms with Gasteiger partial charge in [-0.2, -0.15) is 0 Å². The monoisotopic (exact) mass is 338 g/mol. The van der Waals surface area contributed by atoms with Gasteiger partial charge in [-0.05, 0) is 98.7 Å². The van der Waals surface area contributed by atoms with Gasteiger partial charge in [-0.15, -0.1) is 0 Å². The fourth-order valence-electron chi connectivity index (χ4n) is 8.07. The molecule has 0 saturated heterocycles. The molecular weight excluding hydrogens is 303 g/mol. The molecule has 24 heavy (non-hydrogen) atoms. The molecule has 0 heterocycles. The maximum absolute atomic E-state index is 14.4. The molecule has 0 radical (unpaired) electrons. The van der Waals surface area contributed by atoms with E-state index in [1.165, 1.54) is 25.7 Å². The summed E-state index contributed by atoms with van der Waals surface area (Å²) in [6.45, 7) is 6.73. The number of alkyl halides is 1. The van der Waals surface area contributed by atoms with Crippen LogP contribution in [0.2, 0.25) is 0 Å². The Morgan fingerprint density at radius 2 is 1.71 bits per heavy atom. The molecule has 0 spiro atoms. The molecule has 2 nitrogen and oxygen atoms in total. The minimum absolute atomic E-state index is 0.0752. The summed E-state index contributed by atoms with van der Waals surface area (Å²) in [6.07, 6.45) is 6.45. The molecule has 0 aliphatic heterocycles. The number of hydrogen-bond donors (Lipinski definition) is 2. The molecule has 0 aromatic carbocycles. The van der Waals surface area contributed by atoms with Crippen molar-refractivity contribution in [1.29, 1.82) is 0 Å². The van der Waals surface area contributed by atoms with Crippen molar-refractivity contribution in [3.63, 3.8) is 0 Å². The van der Waals surface area contributed by atoms with Crippen LogP contribution >= 0.6 is 0 Å². The first kappa shape index (κ1) is 17.3. The van der Waals surface area contributed by atoms with Crippen LogP contribution in [0.5, 0.6) is 0 Å². The molecular formula is C21H35FO2. The lowest BCUT2D eigenvalue weighted by Gasteiger charge is -2.61. The smallest absolute Gasteiger partial charge is 0.126 e. The predicted molar refractivity (Wildman–Crippen MR) is 93.2 cm³/mol. The fourth-order valence-corrected chi connectivity index (χ4v) is 8.07. The van der Waals surface area contributed by atoms with E-state index in [0.29, 0.717) is 42.4 Å². The molecule has 4 fully saturated rings. The lowest BCUT2D eigenvalue weighted by molar-refractivity contribution is -0.149. The average Bonchev–Trinajstić information content (AvgIpc) is 2.86. The van der Waals surface area contributed by atoms with Crippen LogP contribution in [0.4, 0.5) is 4.39 Å². The summed E-state index contributed by atoms with van der Waals surface area (Å²) >= 11 is 0. The summed E-state index contributed by atoms with van der Waals surface area (Å²) in [7, 11) is 0. The molecule has 0 aromatic heterocycles. The minimum Gasteiger partial charge on any atom is -0.393 e. The van der Waals surface area contributed by atoms with Gasteiger partial charge in [0.2, 0.25) is 0 Å². The quantitative estimate of drug-likeness (QED) is 0.747. The topological polar surface area (TPSA) is 40.5 Å². The molecule has 4 aliphatic rings. The first-order chi connectivity index (χ1) is 11.3. The van der Waals surface area contributed by atoms with Crippen LogP contribution in [0.3, 0.4) is 0 Å². The zero-order valence-electron chi connectivity index (χ0n) is 15.5. The first-order valence-corrected chi connectivity index (χ1v) is 10.3. The minimum atomic E-state index is -1.04. The summed E-state index contributed by atoms with van der Waals surface area (Å²) in [5.41, 5.74) is 0.355. The highest BCUT2D eigenvalue weighted by Crippen LogP contribution is 2.67. The summed E-state index contributed by atoms with van der Waals surface area (Å²) in [4.78, 5) is 0. The third-order valence-electron chi connectivity index (χ3n) is 9.30. The highest BCUT2D eigenvalue weighted by atomic mass is 19.1. The standard InChI is InChI=1S/C21H35FO2/c1-12(23)15-6-7-16-14-5-4-13-10-19(24)18(22)11-21(13,3)17(14)8-9-20(15,16)2/h12-19,23-24H,4-11H2,1-3H3/t12?,13-,14-,15+,16-,17-,18-,19-,20+,21-/m0/s1. The zero-order chi connectivity index (χ0) is 17.3. The van der Waals surface area contributed by atoms with Crippen LogP contribution < -0.4 is 0 Å². The Morgan fingerprint density at radius 3 is 2.42 bits per heavy atom. The van der Waals surface area contributed by atoms with E-state index in [1.54, 1.807) is 0 Å². The Labute approximate surface area is 146 Å². The van der Waals surface area contributed by atoms with Gasteiger partial charge in [-0.1, -0.05) is 13.8 Å². The van der Waals surface area contributed by atoms with E-state index >= 15 is 0 Å². The molecule has 0 amide bonds. The van der Waals surface area contributed by atoms with Crippen LogP contribution in [-0.4, -0.2) is 28.6 Å². The Bertz CT molecular complexity index is 494. The second-order valence-electron chi connectivity index (χ2n) is 10.1. The van der Waals surface area contributed by atoms with Gasteiger partial charge >= 0.3 is 0 Å². The van der Waals surface area contributed by atoms with Crippen molar-refractivity contribution in [1.82, 2.24) is 0 Å². The molecule has 4 aliphatic carbocycles. The largest absolute Gasteiger partial charge is 0.393 e. The molecule has 10 atom stereocenters. The summed E-state index contributed by atoms with van der Waals surface area (Å²) in [6, 6.07) is 0. The molecule has 2 N–H and O–H groups in total. The Morgan fingerprint density at radius 1 is 1.00 bits per heavy atom. The van der Waals surface area contributed by atoms with E-state index in [2.05, 4.69) is 13.8 Å². The second-order valence-corrected chi connectivity index (χ2v) is 10.1. The van der Waals surface area contributed by atoms with Crippen LogP contribution in [0.15, 0.2) is 0 Å². The SMILES string of the molecule is CC(O)[C@H]1CC[C@H]2[C@@H]3CC[C@H]4C[C@H](O)[C@@H](F)C[C@]4(C)[C@H]3CC[C@]12C. The van der Waals surface area contributed by atoms with Gasteiger partial charge in [0.05, 0.1) is 12.2 Å². The van der Waals surface area contributed by atoms with Crippen molar-refractivity contribution in [2.75, 3.05) is 0 Å². The van der Waals surface area contributed by atoms with Crippen molar-refractivity contribution >= 4 is 0 Å². The van der Waals surface area contributed by atoms with Crippen molar-refractivity contribution < 1.29 is 14.6 Å². The van der Waals surface area contributed by atoms with Crippen molar-refractivity contribution in [3.05, 3.63) is 0 Å². The Balaban J connectivity index is 1.61. The normalized spacial score (nSPS) is 58.5. The molecule has 4 rings (SSSR count). The maximum atomic E-state index is 14.4. The molecule has 4 saturated carbocycles. The molecule has 3 heteroatoms. The van der Waals surface area contributed by atoms with E-state index < -0.39 is 12.3 Å². The number of rotatable bonds is 1. The summed E-state index contributed by atoms with van der Waals surface area (Å²) in [5, 5.41) is 20.3. The number of aliphatic hydroxyl groups is 2. The van der Waals surface area contributed by atoms with Gasteiger partial charge in [0, 0.05) is 0 Å². The van der Waals surface area contributed by atoms with Gasteiger partial charge in [0.1, 0.15) is 6.17 Å². The fraction of sp³-hybridized carbons (Fsp3) is 1.00. The molecule has 138 valence electrons. The van der Waals surface area contributed by atoms with E-state index in [1.807, 2.05) is 6.92 Å². The highest BCUT2D eigenvalue weighted by Gasteiger charge is 2.61. The third-order valence-corrected chi connectivity index (χ3v) is 9.30. The number of halogens is 1. The van der Waals surface area contributed by atoms with Gasteiger partial charge in [0.25, 0.3) is 0 Å². The van der Waals surface area contributed by atoms with Crippen molar-refractivity contribution in [2.45, 2.75) is 90.5 Å². The van der Waals surface area contributed by atoms with Gasteiger partial charge in [-0.25, -0.2) is 4.39 Å². The maximum Gasteiger partial charge on any atom is 0.126 e. The summed E-state index contributed by atoms with van der Waals surface area (Å²) < 4.78 is 14.4. The van der Waals surface area contributed by atoms with Crippen LogP contribution in [0, 0.1) is 40.4 Å². The molecule has 0 aromatic rings. The number of hydrogen-bond acceptors (Lipinski definition) is 2. The average molecular weight is 339 g/mol. The number of fused-ring (bicyclic) bond motifs is 5. The van der Waals surface area contributed by atoms with E-state index in [4.69, 9.17) is 0 Å². The van der Waals surface area contributed by atoms with Crippen molar-refractivity contribution in [2.24, 2.45) is 40.4 Å². The lowest BCUT2D eigenvalue weighted by Crippen LogP contribution is -2.56. The zero-order valence-corrected chi connectivity index (χ0v) is 15.5. The molecule has 1 unspecified atom stereocenters.